The van der Waals surface area contributed by atoms with Crippen LogP contribution in [-0.4, -0.2) is 0 Å². The monoisotopic (exact) mass is 478 g/mol. The van der Waals surface area contributed by atoms with Crippen LogP contribution in [0.2, 0.25) is 0 Å². The Bertz CT molecular complexity index is 1340. The second-order valence-corrected chi connectivity index (χ2v) is 10.1. The van der Waals surface area contributed by atoms with Crippen molar-refractivity contribution in [3.05, 3.63) is 129 Å². The topological polar surface area (TPSA) is 52.6 Å². The predicted octanol–water partition coefficient (Wildman–Crippen LogP) is 8.13. The molecule has 1 saturated heterocycles. The van der Waals surface area contributed by atoms with Gasteiger partial charge in [-0.15, -0.1) is 0 Å². The molecule has 182 valence electrons. The van der Waals surface area contributed by atoms with Crippen molar-refractivity contribution >= 4 is 21.5 Å². The van der Waals surface area contributed by atoms with Gasteiger partial charge < -0.3 is 0 Å². The minimum absolute atomic E-state index is 0.344. The fraction of sp³-hybridized carbons (Fsp3) is 0.250. The quantitative estimate of drug-likeness (QED) is 0.189. The van der Waals surface area contributed by atoms with Gasteiger partial charge >= 0.3 is 0 Å². The zero-order valence-electron chi connectivity index (χ0n) is 21.0. The molecule has 0 N–H and O–H groups in total. The van der Waals surface area contributed by atoms with Crippen molar-refractivity contribution in [2.75, 3.05) is 0 Å². The van der Waals surface area contributed by atoms with Gasteiger partial charge in [0.1, 0.15) is 11.2 Å². The lowest BCUT2D eigenvalue weighted by Gasteiger charge is -2.57. The second-order valence-electron chi connectivity index (χ2n) is 10.1. The average Bonchev–Trinajstić information content (AvgIpc) is 2.95. The first-order chi connectivity index (χ1) is 17.4. The molecule has 36 heavy (non-hydrogen) atoms. The molecule has 2 aliphatic carbocycles. The fourth-order valence-corrected chi connectivity index (χ4v) is 6.31. The molecule has 4 aromatic rings. The molecular formula is C32H30O4. The van der Waals surface area contributed by atoms with Crippen LogP contribution in [0.5, 0.6) is 0 Å². The van der Waals surface area contributed by atoms with E-state index < -0.39 is 0 Å². The van der Waals surface area contributed by atoms with Crippen LogP contribution in [0.3, 0.4) is 0 Å². The lowest BCUT2D eigenvalue weighted by Crippen LogP contribution is -2.58. The van der Waals surface area contributed by atoms with Crippen molar-refractivity contribution in [3.8, 4) is 0 Å². The largest absolute Gasteiger partial charge is 0.224 e. The van der Waals surface area contributed by atoms with Gasteiger partial charge in [-0.1, -0.05) is 97.1 Å². The van der Waals surface area contributed by atoms with Gasteiger partial charge in [0.15, 0.2) is 0 Å². The molecule has 2 heterocycles. The van der Waals surface area contributed by atoms with Crippen molar-refractivity contribution in [1.29, 1.82) is 0 Å². The molecular weight excluding hydrogens is 448 g/mol. The highest BCUT2D eigenvalue weighted by atomic mass is 17.2. The summed E-state index contributed by atoms with van der Waals surface area (Å²) in [6.45, 7) is 8.69. The van der Waals surface area contributed by atoms with Crippen molar-refractivity contribution in [1.82, 2.24) is 0 Å². The van der Waals surface area contributed by atoms with Gasteiger partial charge in [0, 0.05) is 21.8 Å². The molecule has 0 amide bonds. The summed E-state index contributed by atoms with van der Waals surface area (Å²) in [7, 11) is 0. The number of fused-ring (bicyclic) bond motifs is 3. The molecule has 8 rings (SSSR count). The Kier molecular flexibility index (Phi) is 6.11. The maximum atomic E-state index is 7.00. The van der Waals surface area contributed by atoms with Crippen LogP contribution in [0.25, 0.3) is 21.5 Å². The van der Waals surface area contributed by atoms with E-state index in [2.05, 4.69) is 125 Å². The first-order valence-corrected chi connectivity index (χ1v) is 12.3. The molecule has 0 aromatic heterocycles. The summed E-state index contributed by atoms with van der Waals surface area (Å²) >= 11 is 0. The van der Waals surface area contributed by atoms with E-state index in [1.807, 2.05) is 0 Å². The minimum atomic E-state index is -0.375. The molecule has 0 spiro atoms. The molecule has 0 saturated carbocycles. The summed E-state index contributed by atoms with van der Waals surface area (Å²) in [6.07, 6.45) is 8.73. The zero-order valence-corrected chi connectivity index (χ0v) is 21.0. The van der Waals surface area contributed by atoms with E-state index in [1.54, 1.807) is 0 Å². The van der Waals surface area contributed by atoms with Crippen LogP contribution in [0, 0.1) is 35.6 Å². The number of hydrogen-bond acceptors (Lipinski definition) is 4. The van der Waals surface area contributed by atoms with Gasteiger partial charge in [0.2, 0.25) is 0 Å². The van der Waals surface area contributed by atoms with E-state index in [0.717, 1.165) is 0 Å². The summed E-state index contributed by atoms with van der Waals surface area (Å²) in [4.78, 5) is 25.6. The van der Waals surface area contributed by atoms with Crippen LogP contribution < -0.4 is 0 Å². The third-order valence-electron chi connectivity index (χ3n) is 8.26. The Labute approximate surface area is 211 Å². The summed E-state index contributed by atoms with van der Waals surface area (Å²) in [5.74, 6) is 0.687. The highest BCUT2D eigenvalue weighted by molar-refractivity contribution is 6.05. The van der Waals surface area contributed by atoms with Crippen LogP contribution >= 0.6 is 0 Å². The molecule has 4 atom stereocenters. The van der Waals surface area contributed by atoms with Crippen LogP contribution in [0.1, 0.15) is 36.1 Å². The van der Waals surface area contributed by atoms with Crippen LogP contribution in [-0.2, 0) is 21.0 Å². The second kappa shape index (κ2) is 9.12. The van der Waals surface area contributed by atoms with Gasteiger partial charge in [-0.05, 0) is 71.5 Å². The third-order valence-corrected chi connectivity index (χ3v) is 8.26. The molecule has 0 radical (unpaired) electrons. The van der Waals surface area contributed by atoms with E-state index >= 15 is 0 Å². The summed E-state index contributed by atoms with van der Waals surface area (Å²) in [5, 5.41) is 5.50. The van der Waals surface area contributed by atoms with Crippen molar-refractivity contribution in [2.24, 2.45) is 11.8 Å². The molecule has 4 aromatic carbocycles. The molecule has 4 heteroatoms. The number of rotatable bonds is 0. The Morgan fingerprint density at radius 3 is 1.19 bits per heavy atom. The van der Waals surface area contributed by atoms with Crippen molar-refractivity contribution < 1.29 is 9.78 Å². The first-order valence-electron chi connectivity index (χ1n) is 12.3. The number of benzene rings is 4. The van der Waals surface area contributed by atoms with E-state index in [9.17, 15) is 0 Å². The number of aryl methyl sites for hydroxylation is 2. The van der Waals surface area contributed by atoms with Gasteiger partial charge in [-0.25, -0.2) is 9.78 Å². The Morgan fingerprint density at radius 1 is 0.556 bits per heavy atom. The van der Waals surface area contributed by atoms with Crippen LogP contribution in [0.15, 0.2) is 97.1 Å². The Morgan fingerprint density at radius 2 is 0.861 bits per heavy atom. The third kappa shape index (κ3) is 3.44. The minimum Gasteiger partial charge on any atom is -0.224 e. The zero-order chi connectivity index (χ0) is 25.5. The predicted molar refractivity (Wildman–Crippen MR) is 146 cm³/mol. The van der Waals surface area contributed by atoms with Crippen molar-refractivity contribution in [3.63, 3.8) is 0 Å². The standard InChI is InChI=1S/C16H16O2.C16H14.O2/c1-15-11-7-3-5-9-13(11)16(2,18-17-15)14-10-6-4-8-12(14)15;1-11-13-7-3-5-9-15(13)12(2)16-10-6-4-8-14(11)16;1-2/h3-11,13H,1-2H3;3-10H,1-2H3;. The highest BCUT2D eigenvalue weighted by Gasteiger charge is 2.61. The van der Waals surface area contributed by atoms with E-state index in [1.165, 1.54) is 43.8 Å². The fourth-order valence-electron chi connectivity index (χ4n) is 6.31. The summed E-state index contributed by atoms with van der Waals surface area (Å²) < 4.78 is 0. The van der Waals surface area contributed by atoms with E-state index in [0.29, 0.717) is 11.8 Å². The Hall–Kier alpha value is -3.60. The lowest BCUT2D eigenvalue weighted by atomic mass is 9.58. The molecule has 2 bridgehead atoms. The van der Waals surface area contributed by atoms with Gasteiger partial charge in [-0.2, -0.15) is 0 Å². The molecule has 1 fully saturated rings. The van der Waals surface area contributed by atoms with E-state index in [-0.39, 0.29) is 11.2 Å². The maximum absolute atomic E-state index is 7.00. The van der Waals surface area contributed by atoms with Gasteiger partial charge in [0.05, 0.1) is 0 Å². The van der Waals surface area contributed by atoms with E-state index in [4.69, 9.17) is 19.7 Å². The van der Waals surface area contributed by atoms with Gasteiger partial charge in [-0.3, -0.25) is 0 Å². The normalized spacial score (nSPS) is 26.9. The van der Waals surface area contributed by atoms with Gasteiger partial charge in [0.25, 0.3) is 0 Å². The molecule has 4 aliphatic rings. The molecule has 4 nitrogen and oxygen atoms in total. The molecule has 4 unspecified atom stereocenters. The smallest absolute Gasteiger partial charge is 0.133 e. The number of hydrogen-bond donors (Lipinski definition) is 0. The van der Waals surface area contributed by atoms with Crippen molar-refractivity contribution in [2.45, 2.75) is 38.9 Å². The average molecular weight is 479 g/mol. The summed E-state index contributed by atoms with van der Waals surface area (Å²) in [6, 6.07) is 25.8. The van der Waals surface area contributed by atoms with Crippen LogP contribution in [0.4, 0.5) is 0 Å². The maximum Gasteiger partial charge on any atom is 0.133 e. The number of allylic oxidation sites excluding steroid dienone is 2. The Balaban J connectivity index is 0.000000140. The lowest BCUT2D eigenvalue weighted by molar-refractivity contribution is -0.477. The first kappa shape index (κ1) is 24.1. The highest BCUT2D eigenvalue weighted by Crippen LogP contribution is 2.60. The molecule has 2 aliphatic heterocycles. The SMILES string of the molecule is CC12OOC(C)(c3ccccc31)C1C=CC=CC12.Cc1c2ccccc2c(C)c2ccccc12.O=O. The summed E-state index contributed by atoms with van der Waals surface area (Å²) in [5.41, 5.74) is 4.55.